The van der Waals surface area contributed by atoms with Crippen molar-refractivity contribution in [3.8, 4) is 0 Å². The van der Waals surface area contributed by atoms with Gasteiger partial charge >= 0.3 is 0 Å². The number of carbonyl (C=O) groups excluding carboxylic acids is 1. The smallest absolute Gasteiger partial charge is 0.283 e. The van der Waals surface area contributed by atoms with E-state index in [1.54, 1.807) is 0 Å². The molecule has 0 aromatic heterocycles. The van der Waals surface area contributed by atoms with E-state index < -0.39 is 10.8 Å². The Labute approximate surface area is 152 Å². The number of nitrogens with zero attached hydrogens (tertiary/aromatic N) is 1. The molecule has 1 amide bonds. The van der Waals surface area contributed by atoms with Gasteiger partial charge in [-0.1, -0.05) is 37.3 Å². The predicted molar refractivity (Wildman–Crippen MR) is 97.2 cm³/mol. The Morgan fingerprint density at radius 2 is 1.88 bits per heavy atom. The molecule has 1 aliphatic rings. The van der Waals surface area contributed by atoms with E-state index in [1.807, 2.05) is 0 Å². The molecule has 1 aromatic rings. The molecular weight excluding hydrogens is 353 g/mol. The Bertz CT molecular complexity index is 561. The number of nitro benzene ring substituents is 1. The van der Waals surface area contributed by atoms with Crippen molar-refractivity contribution in [2.45, 2.75) is 44.6 Å². The average Bonchev–Trinajstić information content (AvgIpc) is 2.80. The lowest BCUT2D eigenvalue weighted by molar-refractivity contribution is -0.385. The first-order chi connectivity index (χ1) is 11.1. The summed E-state index contributed by atoms with van der Waals surface area (Å²) < 4.78 is 0. The van der Waals surface area contributed by atoms with Crippen LogP contribution in [0.2, 0.25) is 5.02 Å². The zero-order chi connectivity index (χ0) is 16.7. The van der Waals surface area contributed by atoms with E-state index in [2.05, 4.69) is 10.6 Å². The number of hydrogen-bond acceptors (Lipinski definition) is 4. The molecule has 0 aliphatic heterocycles. The van der Waals surface area contributed by atoms with E-state index in [0.717, 1.165) is 0 Å². The van der Waals surface area contributed by atoms with E-state index in [0.29, 0.717) is 19.1 Å². The second-order valence-electron chi connectivity index (χ2n) is 5.82. The Kier molecular flexibility index (Phi) is 9.03. The topological polar surface area (TPSA) is 84.3 Å². The van der Waals surface area contributed by atoms with Gasteiger partial charge < -0.3 is 10.6 Å². The highest BCUT2D eigenvalue weighted by Crippen LogP contribution is 2.23. The Hall–Kier alpha value is -1.37. The van der Waals surface area contributed by atoms with Gasteiger partial charge in [0.2, 0.25) is 0 Å². The van der Waals surface area contributed by atoms with Crippen molar-refractivity contribution >= 4 is 35.6 Å². The van der Waals surface area contributed by atoms with Crippen LogP contribution in [0, 0.1) is 10.1 Å². The average molecular weight is 376 g/mol. The number of rotatable bonds is 6. The number of amides is 1. The third-order valence-corrected chi connectivity index (χ3v) is 4.33. The minimum absolute atomic E-state index is 0. The minimum atomic E-state index is -0.593. The van der Waals surface area contributed by atoms with Crippen molar-refractivity contribution in [2.24, 2.45) is 0 Å². The zero-order valence-electron chi connectivity index (χ0n) is 13.4. The molecule has 0 radical (unpaired) electrons. The van der Waals surface area contributed by atoms with E-state index in [4.69, 9.17) is 11.6 Å². The molecule has 2 N–H and O–H groups in total. The van der Waals surface area contributed by atoms with Crippen LogP contribution in [0.5, 0.6) is 0 Å². The summed E-state index contributed by atoms with van der Waals surface area (Å²) >= 11 is 5.75. The van der Waals surface area contributed by atoms with Gasteiger partial charge in [0.25, 0.3) is 11.6 Å². The van der Waals surface area contributed by atoms with Gasteiger partial charge in [0.15, 0.2) is 0 Å². The first-order valence-corrected chi connectivity index (χ1v) is 8.41. The van der Waals surface area contributed by atoms with Crippen molar-refractivity contribution in [1.82, 2.24) is 10.6 Å². The van der Waals surface area contributed by atoms with Crippen molar-refractivity contribution < 1.29 is 9.72 Å². The highest BCUT2D eigenvalue weighted by molar-refractivity contribution is 6.31. The summed E-state index contributed by atoms with van der Waals surface area (Å²) in [4.78, 5) is 22.5. The van der Waals surface area contributed by atoms with Gasteiger partial charge in [-0.2, -0.15) is 0 Å². The molecule has 0 spiro atoms. The van der Waals surface area contributed by atoms with Crippen molar-refractivity contribution in [1.29, 1.82) is 0 Å². The fourth-order valence-corrected chi connectivity index (χ4v) is 3.05. The lowest BCUT2D eigenvalue weighted by atomic mass is 10.1. The second kappa shape index (κ2) is 10.5. The number of hydrogen-bond donors (Lipinski definition) is 2. The molecule has 0 heterocycles. The van der Waals surface area contributed by atoms with Crippen LogP contribution < -0.4 is 10.6 Å². The minimum Gasteiger partial charge on any atom is -0.351 e. The lowest BCUT2D eigenvalue weighted by Crippen LogP contribution is -2.37. The predicted octanol–water partition coefficient (Wildman–Crippen LogP) is 3.71. The molecule has 1 aliphatic carbocycles. The molecule has 0 saturated heterocycles. The molecule has 8 heteroatoms. The summed E-state index contributed by atoms with van der Waals surface area (Å²) in [5.41, 5.74) is -0.236. The maximum Gasteiger partial charge on any atom is 0.283 e. The molecule has 24 heavy (non-hydrogen) atoms. The molecule has 2 rings (SSSR count). The van der Waals surface area contributed by atoms with E-state index >= 15 is 0 Å². The van der Waals surface area contributed by atoms with E-state index in [9.17, 15) is 14.9 Å². The molecule has 1 saturated carbocycles. The third-order valence-electron chi connectivity index (χ3n) is 4.10. The molecule has 0 atom stereocenters. The normalized spacial score (nSPS) is 15.2. The van der Waals surface area contributed by atoms with Gasteiger partial charge in [0, 0.05) is 30.2 Å². The van der Waals surface area contributed by atoms with Crippen LogP contribution in [-0.4, -0.2) is 30.0 Å². The first kappa shape index (κ1) is 20.7. The number of nitrogens with one attached hydrogen (secondary N) is 2. The Morgan fingerprint density at radius 1 is 1.21 bits per heavy atom. The first-order valence-electron chi connectivity index (χ1n) is 8.03. The Balaban J connectivity index is 0.00000288. The quantitative estimate of drug-likeness (QED) is 0.343. The number of nitro groups is 1. The van der Waals surface area contributed by atoms with Crippen LogP contribution in [0.4, 0.5) is 5.69 Å². The molecule has 0 bridgehead atoms. The van der Waals surface area contributed by atoms with Crippen LogP contribution in [0.1, 0.15) is 48.9 Å². The SMILES string of the molecule is Cl.O=C(NCCNC1CCCCCC1)c1ccc(Cl)cc1[N+](=O)[O-]. The summed E-state index contributed by atoms with van der Waals surface area (Å²) in [5, 5.41) is 17.4. The molecule has 1 aromatic carbocycles. The summed E-state index contributed by atoms with van der Waals surface area (Å²) in [7, 11) is 0. The summed E-state index contributed by atoms with van der Waals surface area (Å²) in [6.07, 6.45) is 7.46. The van der Waals surface area contributed by atoms with Gasteiger partial charge in [-0.05, 0) is 25.0 Å². The fraction of sp³-hybridized carbons (Fsp3) is 0.562. The number of halogens is 2. The molecule has 1 fully saturated rings. The van der Waals surface area contributed by atoms with Gasteiger partial charge in [-0.15, -0.1) is 12.4 Å². The van der Waals surface area contributed by atoms with Crippen LogP contribution in [0.3, 0.4) is 0 Å². The molecule has 134 valence electrons. The summed E-state index contributed by atoms with van der Waals surface area (Å²) in [6, 6.07) is 4.57. The monoisotopic (exact) mass is 375 g/mol. The van der Waals surface area contributed by atoms with Crippen LogP contribution in [0.15, 0.2) is 18.2 Å². The maximum atomic E-state index is 12.1. The lowest BCUT2D eigenvalue weighted by Gasteiger charge is -2.16. The fourth-order valence-electron chi connectivity index (χ4n) is 2.88. The molecular formula is C16H23Cl2N3O3. The van der Waals surface area contributed by atoms with Crippen LogP contribution in [0.25, 0.3) is 0 Å². The molecule has 6 nitrogen and oxygen atoms in total. The largest absolute Gasteiger partial charge is 0.351 e. The van der Waals surface area contributed by atoms with Gasteiger partial charge in [0.05, 0.1) is 4.92 Å². The number of benzene rings is 1. The molecule has 0 unspecified atom stereocenters. The van der Waals surface area contributed by atoms with Crippen molar-refractivity contribution in [3.05, 3.63) is 38.9 Å². The third kappa shape index (κ3) is 6.26. The standard InChI is InChI=1S/C16H22ClN3O3.ClH/c17-12-7-8-14(15(11-12)20(22)23)16(21)19-10-9-18-13-5-3-1-2-4-6-13;/h7-8,11,13,18H,1-6,9-10H2,(H,19,21);1H. The van der Waals surface area contributed by atoms with Crippen molar-refractivity contribution in [2.75, 3.05) is 13.1 Å². The van der Waals surface area contributed by atoms with Gasteiger partial charge in [-0.25, -0.2) is 0 Å². The van der Waals surface area contributed by atoms with Gasteiger partial charge in [-0.3, -0.25) is 14.9 Å². The van der Waals surface area contributed by atoms with Crippen molar-refractivity contribution in [3.63, 3.8) is 0 Å². The van der Waals surface area contributed by atoms with E-state index in [1.165, 1.54) is 56.7 Å². The summed E-state index contributed by atoms with van der Waals surface area (Å²) in [5.74, 6) is -0.448. The van der Waals surface area contributed by atoms with E-state index in [-0.39, 0.29) is 28.7 Å². The number of carbonyl (C=O) groups is 1. The van der Waals surface area contributed by atoms with Crippen LogP contribution >= 0.6 is 24.0 Å². The highest BCUT2D eigenvalue weighted by atomic mass is 35.5. The summed E-state index contributed by atoms with van der Waals surface area (Å²) in [6.45, 7) is 1.10. The second-order valence-corrected chi connectivity index (χ2v) is 6.25. The van der Waals surface area contributed by atoms with Crippen LogP contribution in [-0.2, 0) is 0 Å². The highest BCUT2D eigenvalue weighted by Gasteiger charge is 2.20. The zero-order valence-corrected chi connectivity index (χ0v) is 15.0. The Morgan fingerprint density at radius 3 is 2.50 bits per heavy atom. The van der Waals surface area contributed by atoms with Gasteiger partial charge in [0.1, 0.15) is 5.56 Å². The maximum absolute atomic E-state index is 12.1.